The largest absolute Gasteiger partial charge is 0.482 e. The van der Waals surface area contributed by atoms with Crippen LogP contribution in [0.3, 0.4) is 0 Å². The number of ether oxygens (including phenoxy) is 1. The molecule has 6 heteroatoms. The van der Waals surface area contributed by atoms with Gasteiger partial charge in [-0.2, -0.15) is 5.10 Å². The Morgan fingerprint density at radius 2 is 1.81 bits per heavy atom. The van der Waals surface area contributed by atoms with Crippen molar-refractivity contribution >= 4 is 5.91 Å². The second-order valence-corrected chi connectivity index (χ2v) is 9.64. The van der Waals surface area contributed by atoms with Gasteiger partial charge in [0, 0.05) is 62.3 Å². The predicted octanol–water partition coefficient (Wildman–Crippen LogP) is 3.92. The summed E-state index contributed by atoms with van der Waals surface area (Å²) in [4.78, 5) is 15.0. The van der Waals surface area contributed by atoms with Gasteiger partial charge in [-0.05, 0) is 43.7 Å². The van der Waals surface area contributed by atoms with Gasteiger partial charge < -0.3 is 14.7 Å². The molecule has 166 valence electrons. The highest BCUT2D eigenvalue weighted by Crippen LogP contribution is 2.48. The van der Waals surface area contributed by atoms with Crippen molar-refractivity contribution in [2.45, 2.75) is 44.3 Å². The van der Waals surface area contributed by atoms with Crippen LogP contribution in [0.5, 0.6) is 5.75 Å². The van der Waals surface area contributed by atoms with E-state index in [0.29, 0.717) is 25.1 Å². The SMILES string of the molecule is Cn1cc2c(n1)-c1ccccc1OC21CCN(C(=O)c2ccc(CC(C)(C)O)cc2)CC1. The van der Waals surface area contributed by atoms with Crippen LogP contribution >= 0.6 is 0 Å². The van der Waals surface area contributed by atoms with Crippen LogP contribution in [-0.2, 0) is 19.1 Å². The zero-order chi connectivity index (χ0) is 22.5. The fourth-order valence-corrected chi connectivity index (χ4v) is 4.93. The number of aryl methyl sites for hydroxylation is 1. The maximum atomic E-state index is 13.1. The lowest BCUT2D eigenvalue weighted by molar-refractivity contribution is -0.00166. The molecule has 0 aliphatic carbocycles. The highest BCUT2D eigenvalue weighted by atomic mass is 16.5. The van der Waals surface area contributed by atoms with E-state index < -0.39 is 11.2 Å². The molecule has 0 saturated carbocycles. The van der Waals surface area contributed by atoms with Crippen molar-refractivity contribution in [2.24, 2.45) is 7.05 Å². The van der Waals surface area contributed by atoms with Crippen LogP contribution in [0.25, 0.3) is 11.3 Å². The Hall–Kier alpha value is -3.12. The molecule has 3 aromatic rings. The summed E-state index contributed by atoms with van der Waals surface area (Å²) in [5.74, 6) is 0.901. The van der Waals surface area contributed by atoms with Crippen molar-refractivity contribution < 1.29 is 14.6 Å². The summed E-state index contributed by atoms with van der Waals surface area (Å²) in [6, 6.07) is 15.6. The molecule has 1 saturated heterocycles. The fraction of sp³-hybridized carbons (Fsp3) is 0.385. The van der Waals surface area contributed by atoms with Crippen molar-refractivity contribution in [1.29, 1.82) is 0 Å². The molecular formula is C26H29N3O3. The molecule has 1 amide bonds. The zero-order valence-electron chi connectivity index (χ0n) is 18.8. The van der Waals surface area contributed by atoms with E-state index in [2.05, 4.69) is 6.20 Å². The van der Waals surface area contributed by atoms with E-state index in [4.69, 9.17) is 9.84 Å². The number of nitrogens with zero attached hydrogens (tertiary/aromatic N) is 3. The lowest BCUT2D eigenvalue weighted by atomic mass is 9.81. The lowest BCUT2D eigenvalue weighted by Gasteiger charge is -2.44. The minimum atomic E-state index is -0.767. The van der Waals surface area contributed by atoms with Gasteiger partial charge in [0.2, 0.25) is 0 Å². The number of rotatable bonds is 3. The van der Waals surface area contributed by atoms with E-state index in [-0.39, 0.29) is 5.91 Å². The maximum absolute atomic E-state index is 13.1. The summed E-state index contributed by atoms with van der Waals surface area (Å²) < 4.78 is 8.43. The normalized spacial score (nSPS) is 16.9. The fourth-order valence-electron chi connectivity index (χ4n) is 4.93. The Labute approximate surface area is 188 Å². The van der Waals surface area contributed by atoms with Gasteiger partial charge in [-0.1, -0.05) is 24.3 Å². The number of para-hydroxylation sites is 1. The van der Waals surface area contributed by atoms with Crippen LogP contribution in [0.2, 0.25) is 0 Å². The number of likely N-dealkylation sites (tertiary alicyclic amines) is 1. The van der Waals surface area contributed by atoms with Gasteiger partial charge in [0.1, 0.15) is 17.0 Å². The summed E-state index contributed by atoms with van der Waals surface area (Å²) in [6.45, 7) is 4.82. The van der Waals surface area contributed by atoms with E-state index in [1.807, 2.05) is 65.2 Å². The molecule has 3 heterocycles. The van der Waals surface area contributed by atoms with E-state index in [9.17, 15) is 9.90 Å². The Bertz CT molecular complexity index is 1150. The molecule has 0 unspecified atom stereocenters. The van der Waals surface area contributed by atoms with E-state index in [0.717, 1.165) is 41.0 Å². The van der Waals surface area contributed by atoms with Gasteiger partial charge in [-0.15, -0.1) is 0 Å². The summed E-state index contributed by atoms with van der Waals surface area (Å²) in [5.41, 5.74) is 3.60. The molecule has 2 aliphatic heterocycles. The number of carbonyl (C=O) groups is 1. The van der Waals surface area contributed by atoms with Gasteiger partial charge >= 0.3 is 0 Å². The van der Waals surface area contributed by atoms with E-state index in [1.165, 1.54) is 0 Å². The monoisotopic (exact) mass is 431 g/mol. The Balaban J connectivity index is 1.33. The average Bonchev–Trinajstić information content (AvgIpc) is 3.16. The number of hydrogen-bond donors (Lipinski definition) is 1. The molecule has 1 aromatic heterocycles. The molecule has 5 rings (SSSR count). The molecule has 1 spiro atoms. The van der Waals surface area contributed by atoms with Crippen LogP contribution in [-0.4, -0.2) is 44.4 Å². The molecule has 32 heavy (non-hydrogen) atoms. The Kier molecular flexibility index (Phi) is 4.86. The Morgan fingerprint density at radius 1 is 1.12 bits per heavy atom. The van der Waals surface area contributed by atoms with Crippen LogP contribution in [0, 0.1) is 0 Å². The second-order valence-electron chi connectivity index (χ2n) is 9.64. The van der Waals surface area contributed by atoms with Gasteiger partial charge in [0.15, 0.2) is 0 Å². The molecule has 1 N–H and O–H groups in total. The second kappa shape index (κ2) is 7.48. The average molecular weight is 432 g/mol. The van der Waals surface area contributed by atoms with Crippen molar-refractivity contribution in [1.82, 2.24) is 14.7 Å². The molecule has 0 radical (unpaired) electrons. The number of carbonyl (C=O) groups excluding carboxylic acids is 1. The molecule has 2 aliphatic rings. The molecule has 0 atom stereocenters. The highest BCUT2D eigenvalue weighted by molar-refractivity contribution is 5.94. The van der Waals surface area contributed by atoms with E-state index in [1.54, 1.807) is 13.8 Å². The van der Waals surface area contributed by atoms with Crippen LogP contribution in [0.15, 0.2) is 54.7 Å². The minimum absolute atomic E-state index is 0.0391. The summed E-state index contributed by atoms with van der Waals surface area (Å²) in [7, 11) is 1.94. The van der Waals surface area contributed by atoms with Crippen molar-refractivity contribution in [2.75, 3.05) is 13.1 Å². The maximum Gasteiger partial charge on any atom is 0.253 e. The van der Waals surface area contributed by atoms with Crippen molar-refractivity contribution in [3.05, 3.63) is 71.4 Å². The highest BCUT2D eigenvalue weighted by Gasteiger charge is 2.45. The summed E-state index contributed by atoms with van der Waals surface area (Å²) in [6.07, 6.45) is 4.06. The first-order valence-corrected chi connectivity index (χ1v) is 11.2. The third-order valence-corrected chi connectivity index (χ3v) is 6.46. The van der Waals surface area contributed by atoms with Gasteiger partial charge in [-0.25, -0.2) is 0 Å². The quantitative estimate of drug-likeness (QED) is 0.683. The van der Waals surface area contributed by atoms with Gasteiger partial charge in [0.05, 0.1) is 5.60 Å². The third-order valence-electron chi connectivity index (χ3n) is 6.46. The first-order chi connectivity index (χ1) is 15.2. The lowest BCUT2D eigenvalue weighted by Crippen LogP contribution is -2.49. The molecular weight excluding hydrogens is 402 g/mol. The number of amides is 1. The zero-order valence-corrected chi connectivity index (χ0v) is 18.8. The first kappa shape index (κ1) is 20.8. The van der Waals surface area contributed by atoms with Gasteiger partial charge in [0.25, 0.3) is 5.91 Å². The molecule has 6 nitrogen and oxygen atoms in total. The topological polar surface area (TPSA) is 67.6 Å². The molecule has 2 aromatic carbocycles. The smallest absolute Gasteiger partial charge is 0.253 e. The number of aromatic nitrogens is 2. The number of fused-ring (bicyclic) bond motifs is 4. The third kappa shape index (κ3) is 3.69. The van der Waals surface area contributed by atoms with Crippen LogP contribution < -0.4 is 4.74 Å². The number of hydrogen-bond acceptors (Lipinski definition) is 4. The van der Waals surface area contributed by atoms with Crippen LogP contribution in [0.1, 0.15) is 48.2 Å². The predicted molar refractivity (Wildman–Crippen MR) is 123 cm³/mol. The summed E-state index contributed by atoms with van der Waals surface area (Å²) >= 11 is 0. The number of aliphatic hydroxyl groups is 1. The van der Waals surface area contributed by atoms with Crippen molar-refractivity contribution in [3.8, 4) is 17.0 Å². The van der Waals surface area contributed by atoms with Gasteiger partial charge in [-0.3, -0.25) is 9.48 Å². The molecule has 0 bridgehead atoms. The van der Waals surface area contributed by atoms with E-state index >= 15 is 0 Å². The minimum Gasteiger partial charge on any atom is -0.482 e. The van der Waals surface area contributed by atoms with Crippen molar-refractivity contribution in [3.63, 3.8) is 0 Å². The Morgan fingerprint density at radius 3 is 2.50 bits per heavy atom. The number of piperidine rings is 1. The van der Waals surface area contributed by atoms with Crippen LogP contribution in [0.4, 0.5) is 0 Å². The number of benzene rings is 2. The standard InChI is InChI=1S/C26H29N3O3/c1-25(2,31)16-18-8-10-19(11-9-18)24(30)29-14-12-26(13-15-29)21-17-28(3)27-23(21)20-6-4-5-7-22(20)32-26/h4-11,17,31H,12-16H2,1-3H3. The first-order valence-electron chi connectivity index (χ1n) is 11.2. The molecule has 1 fully saturated rings. The summed E-state index contributed by atoms with van der Waals surface area (Å²) in [5, 5.41) is 14.7.